The molecule has 1 amide bonds. The van der Waals surface area contributed by atoms with Crippen LogP contribution in [0.2, 0.25) is 0 Å². The molecule has 0 N–H and O–H groups in total. The minimum Gasteiger partial charge on any atom is -0.623 e. The number of anilines is 1. The van der Waals surface area contributed by atoms with Crippen LogP contribution in [0.15, 0.2) is 78.9 Å². The molecule has 1 aliphatic heterocycles. The molecule has 1 heterocycles. The number of hydrogen-bond acceptors (Lipinski definition) is 6. The molecule has 1 aliphatic rings. The van der Waals surface area contributed by atoms with Gasteiger partial charge in [-0.2, -0.15) is 4.74 Å². The summed E-state index contributed by atoms with van der Waals surface area (Å²) in [4.78, 5) is 38.6. The van der Waals surface area contributed by atoms with Gasteiger partial charge in [-0.3, -0.25) is 9.69 Å². The van der Waals surface area contributed by atoms with Gasteiger partial charge in [-0.25, -0.2) is 9.59 Å². The molecule has 1 atom stereocenters. The van der Waals surface area contributed by atoms with Crippen molar-refractivity contribution in [3.05, 3.63) is 95.2 Å². The molecule has 0 spiro atoms. The lowest BCUT2D eigenvalue weighted by atomic mass is 10.1. The predicted octanol–water partition coefficient (Wildman–Crippen LogP) is 3.53. The Morgan fingerprint density at radius 1 is 0.971 bits per heavy atom. The van der Waals surface area contributed by atoms with Crippen LogP contribution in [0.1, 0.15) is 31.4 Å². The highest BCUT2D eigenvalue weighted by Gasteiger charge is 2.40. The lowest BCUT2D eigenvalue weighted by molar-refractivity contribution is -0.485. The van der Waals surface area contributed by atoms with Crippen molar-refractivity contribution in [2.45, 2.75) is 32.9 Å². The molecule has 1 unspecified atom stereocenters. The quantitative estimate of drug-likeness (QED) is 0.171. The highest BCUT2D eigenvalue weighted by molar-refractivity contribution is 6.52. The largest absolute Gasteiger partial charge is 0.623 e. The van der Waals surface area contributed by atoms with Crippen molar-refractivity contribution in [2.75, 3.05) is 18.1 Å². The zero-order chi connectivity index (χ0) is 25.2. The van der Waals surface area contributed by atoms with Gasteiger partial charge in [0.2, 0.25) is 0 Å². The Labute approximate surface area is 204 Å². The second kappa shape index (κ2) is 12.3. The number of rotatable bonds is 10. The maximum atomic E-state index is 13.6. The van der Waals surface area contributed by atoms with Crippen LogP contribution < -0.4 is 4.90 Å². The van der Waals surface area contributed by atoms with E-state index in [4.69, 9.17) is 9.47 Å². The van der Waals surface area contributed by atoms with E-state index in [1.165, 1.54) is 18.2 Å². The van der Waals surface area contributed by atoms with Crippen molar-refractivity contribution >= 4 is 29.2 Å². The summed E-state index contributed by atoms with van der Waals surface area (Å²) in [6.45, 7) is 4.09. The van der Waals surface area contributed by atoms with Gasteiger partial charge >= 0.3 is 17.8 Å². The smallest absolute Gasteiger partial charge is 0.330 e. The van der Waals surface area contributed by atoms with Crippen molar-refractivity contribution in [3.63, 3.8) is 0 Å². The summed E-state index contributed by atoms with van der Waals surface area (Å²) in [5.74, 6) is -1.58. The first-order chi connectivity index (χ1) is 17.0. The molecule has 8 heteroatoms. The molecule has 0 radical (unpaired) electrons. The zero-order valence-corrected chi connectivity index (χ0v) is 19.8. The van der Waals surface area contributed by atoms with Gasteiger partial charge in [0.25, 0.3) is 5.71 Å². The first kappa shape index (κ1) is 25.4. The molecule has 2 aromatic carbocycles. The number of hydroxylamine groups is 1. The number of para-hydroxylation sites is 1. The van der Waals surface area contributed by atoms with E-state index in [0.29, 0.717) is 22.5 Å². The highest BCUT2D eigenvalue weighted by atomic mass is 16.5. The number of esters is 2. The average molecular weight is 477 g/mol. The van der Waals surface area contributed by atoms with Crippen molar-refractivity contribution in [3.8, 4) is 0 Å². The van der Waals surface area contributed by atoms with E-state index >= 15 is 0 Å². The topological polar surface area (TPSA) is 99.0 Å². The molecule has 8 nitrogen and oxygen atoms in total. The van der Waals surface area contributed by atoms with E-state index in [0.717, 1.165) is 11.6 Å². The minimum absolute atomic E-state index is 0.0282. The minimum atomic E-state index is -0.936. The summed E-state index contributed by atoms with van der Waals surface area (Å²) in [6, 6.07) is 15.6. The molecular formula is C27H28N2O6. The first-order valence-electron chi connectivity index (χ1n) is 11.4. The fourth-order valence-corrected chi connectivity index (χ4v) is 3.69. The standard InChI is InChI=1S/C27H28N2O6/c1-3-34-24(30)16-10-13-21(17-18-25(31)35-4-2)29(33)26-22-14-8-9-15-23(22)28(27(26)32)19-20-11-6-5-7-12-20/h5-12,14-18,21H,3-4,13,19H2,1-2H3/b16-10+,18-17+,29-26+. The number of carbonyl (C=O) groups is 3. The molecule has 3 rings (SSSR count). The third kappa shape index (κ3) is 6.44. The van der Waals surface area contributed by atoms with Gasteiger partial charge in [0.1, 0.15) is 0 Å². The Hall–Kier alpha value is -4.20. The summed E-state index contributed by atoms with van der Waals surface area (Å²) in [5.41, 5.74) is 2.03. The molecule has 0 aliphatic carbocycles. The molecule has 2 aromatic rings. The van der Waals surface area contributed by atoms with Crippen molar-refractivity contribution < 1.29 is 28.6 Å². The number of hydrogen-bond donors (Lipinski definition) is 0. The first-order valence-corrected chi connectivity index (χ1v) is 11.4. The van der Waals surface area contributed by atoms with Crippen molar-refractivity contribution in [1.29, 1.82) is 0 Å². The number of carbonyl (C=O) groups excluding carboxylic acids is 3. The van der Waals surface area contributed by atoms with Gasteiger partial charge in [0.15, 0.2) is 6.04 Å². The molecule has 0 bridgehead atoms. The Morgan fingerprint density at radius 2 is 1.60 bits per heavy atom. The Bertz CT molecular complexity index is 1150. The van der Waals surface area contributed by atoms with E-state index in [-0.39, 0.29) is 25.3 Å². The number of nitrogens with zero attached hydrogens (tertiary/aromatic N) is 2. The third-order valence-corrected chi connectivity index (χ3v) is 5.26. The van der Waals surface area contributed by atoms with Gasteiger partial charge in [0, 0.05) is 18.6 Å². The van der Waals surface area contributed by atoms with E-state index < -0.39 is 23.9 Å². The molecule has 0 fully saturated rings. The molecule has 182 valence electrons. The maximum Gasteiger partial charge on any atom is 0.330 e. The van der Waals surface area contributed by atoms with E-state index in [1.54, 1.807) is 36.9 Å². The van der Waals surface area contributed by atoms with Crippen LogP contribution in [0, 0.1) is 5.21 Å². The summed E-state index contributed by atoms with van der Waals surface area (Å²) in [7, 11) is 0. The zero-order valence-electron chi connectivity index (χ0n) is 19.8. The highest BCUT2D eigenvalue weighted by Crippen LogP contribution is 2.31. The van der Waals surface area contributed by atoms with E-state index in [9.17, 15) is 19.6 Å². The summed E-state index contributed by atoms with van der Waals surface area (Å²) in [6.07, 6.45) is 5.31. The molecule has 0 saturated heterocycles. The van der Waals surface area contributed by atoms with Crippen LogP contribution in [-0.2, 0) is 30.4 Å². The van der Waals surface area contributed by atoms with Gasteiger partial charge < -0.3 is 14.7 Å². The Kier molecular flexibility index (Phi) is 8.95. The van der Waals surface area contributed by atoms with Gasteiger partial charge in [-0.05, 0) is 37.6 Å². The summed E-state index contributed by atoms with van der Waals surface area (Å²) in [5, 5.41) is 13.6. The van der Waals surface area contributed by atoms with Crippen LogP contribution in [0.4, 0.5) is 5.69 Å². The number of fused-ring (bicyclic) bond motifs is 1. The Balaban J connectivity index is 1.98. The monoisotopic (exact) mass is 476 g/mol. The van der Waals surface area contributed by atoms with Crippen LogP contribution in [0.25, 0.3) is 0 Å². The SMILES string of the molecule is CCOC(=O)/C=C/CC(/C=C/C(=O)OCC)/[N+]([O-])=C1\C(=O)N(Cc2ccccc2)c2ccccc21. The second-order valence-electron chi connectivity index (χ2n) is 7.64. The second-order valence-corrected chi connectivity index (χ2v) is 7.64. The van der Waals surface area contributed by atoms with Crippen LogP contribution in [0.5, 0.6) is 0 Å². The number of ether oxygens (including phenoxy) is 2. The maximum absolute atomic E-state index is 13.6. The lowest BCUT2D eigenvalue weighted by Crippen LogP contribution is -2.36. The molecule has 0 aromatic heterocycles. The number of amides is 1. The fourth-order valence-electron chi connectivity index (χ4n) is 3.69. The molecule has 0 saturated carbocycles. The van der Waals surface area contributed by atoms with Crippen molar-refractivity contribution in [2.24, 2.45) is 0 Å². The number of benzene rings is 2. The van der Waals surface area contributed by atoms with Gasteiger partial charge in [-0.1, -0.05) is 48.5 Å². The van der Waals surface area contributed by atoms with E-state index in [2.05, 4.69) is 0 Å². The molecular weight excluding hydrogens is 448 g/mol. The third-order valence-electron chi connectivity index (χ3n) is 5.26. The van der Waals surface area contributed by atoms with Crippen LogP contribution in [-0.4, -0.2) is 47.6 Å². The normalized spacial score (nSPS) is 15.4. The molecule has 35 heavy (non-hydrogen) atoms. The van der Waals surface area contributed by atoms with Gasteiger partial charge in [-0.15, -0.1) is 0 Å². The Morgan fingerprint density at radius 3 is 2.29 bits per heavy atom. The summed E-state index contributed by atoms with van der Waals surface area (Å²) < 4.78 is 10.4. The van der Waals surface area contributed by atoms with E-state index in [1.807, 2.05) is 36.4 Å². The average Bonchev–Trinajstić information content (AvgIpc) is 3.13. The lowest BCUT2D eigenvalue weighted by Gasteiger charge is -2.17. The van der Waals surface area contributed by atoms with Crippen molar-refractivity contribution in [1.82, 2.24) is 0 Å². The summed E-state index contributed by atoms with van der Waals surface area (Å²) >= 11 is 0. The fraction of sp³-hybridized carbons (Fsp3) is 0.259. The predicted molar refractivity (Wildman–Crippen MR) is 132 cm³/mol. The van der Waals surface area contributed by atoms with Crippen LogP contribution in [0.3, 0.4) is 0 Å². The van der Waals surface area contributed by atoms with Crippen LogP contribution >= 0.6 is 0 Å². The van der Waals surface area contributed by atoms with Gasteiger partial charge in [0.05, 0.1) is 31.0 Å².